The molecule has 0 unspecified atom stereocenters. The number of carbonyl (C=O) groups excluding carboxylic acids is 2. The molecule has 0 radical (unpaired) electrons. The van der Waals surface area contributed by atoms with Gasteiger partial charge in [0, 0.05) is 60.0 Å². The molecule has 6 nitrogen and oxygen atoms in total. The molecule has 0 saturated carbocycles. The van der Waals surface area contributed by atoms with Gasteiger partial charge in [0.15, 0.2) is 23.1 Å². The minimum Gasteiger partial charge on any atom is -0.493 e. The Bertz CT molecular complexity index is 1420. The van der Waals surface area contributed by atoms with Gasteiger partial charge in [0.05, 0.1) is 17.3 Å². The number of Topliss-reactive ketones (excluding diaryl/α,β-unsaturated/α-hetero) is 2. The Hall–Kier alpha value is -2.36. The van der Waals surface area contributed by atoms with Gasteiger partial charge in [-0.3, -0.25) is 9.59 Å². The first kappa shape index (κ1) is 31.1. The average Bonchev–Trinajstić information content (AvgIpc) is 2.90. The van der Waals surface area contributed by atoms with Crippen molar-refractivity contribution >= 4 is 45.8 Å². The first-order valence-electron chi connectivity index (χ1n) is 14.4. The van der Waals surface area contributed by atoms with Crippen molar-refractivity contribution in [3.05, 3.63) is 78.7 Å². The Morgan fingerprint density at radius 2 is 1.48 bits per heavy atom. The summed E-state index contributed by atoms with van der Waals surface area (Å²) in [5, 5.41) is 0.673. The zero-order valence-electron chi connectivity index (χ0n) is 25.2. The molecule has 224 valence electrons. The van der Waals surface area contributed by atoms with E-state index in [0.29, 0.717) is 49.1 Å². The molecule has 2 aromatic carbocycles. The highest BCUT2D eigenvalue weighted by Crippen LogP contribution is 2.55. The van der Waals surface area contributed by atoms with Crippen LogP contribution in [-0.4, -0.2) is 43.8 Å². The highest BCUT2D eigenvalue weighted by Gasteiger charge is 2.49. The molecule has 8 heteroatoms. The molecule has 42 heavy (non-hydrogen) atoms. The monoisotopic (exact) mass is 703 g/mol. The first-order chi connectivity index (χ1) is 19.8. The second-order valence-corrected chi connectivity index (χ2v) is 14.7. The molecule has 0 fully saturated rings. The summed E-state index contributed by atoms with van der Waals surface area (Å²) in [4.78, 5) is 30.3. The number of halogens is 2. The van der Waals surface area contributed by atoms with Gasteiger partial charge >= 0.3 is 0 Å². The van der Waals surface area contributed by atoms with Crippen LogP contribution >= 0.6 is 34.2 Å². The minimum absolute atomic E-state index is 0.106. The average molecular weight is 704 g/mol. The van der Waals surface area contributed by atoms with Gasteiger partial charge in [-0.05, 0) is 81.7 Å². The highest BCUT2D eigenvalue weighted by molar-refractivity contribution is 14.1. The minimum atomic E-state index is -0.450. The molecule has 2 aromatic rings. The lowest BCUT2D eigenvalue weighted by Gasteiger charge is -2.49. The Labute approximate surface area is 267 Å². The Kier molecular flexibility index (Phi) is 8.85. The molecule has 3 aliphatic rings. The molecule has 0 N–H and O–H groups in total. The second kappa shape index (κ2) is 12.0. The summed E-state index contributed by atoms with van der Waals surface area (Å²) in [5.74, 6) is 0.965. The van der Waals surface area contributed by atoms with Crippen molar-refractivity contribution in [3.63, 3.8) is 0 Å². The van der Waals surface area contributed by atoms with E-state index in [1.54, 1.807) is 14.2 Å². The van der Waals surface area contributed by atoms with Gasteiger partial charge in [0.1, 0.15) is 6.61 Å². The summed E-state index contributed by atoms with van der Waals surface area (Å²) >= 11 is 8.31. The van der Waals surface area contributed by atoms with E-state index in [4.69, 9.17) is 25.8 Å². The van der Waals surface area contributed by atoms with Crippen molar-refractivity contribution in [2.75, 3.05) is 27.4 Å². The van der Waals surface area contributed by atoms with Gasteiger partial charge in [-0.25, -0.2) is 0 Å². The lowest BCUT2D eigenvalue weighted by molar-refractivity contribution is -0.119. The van der Waals surface area contributed by atoms with Crippen LogP contribution < -0.4 is 9.47 Å². The van der Waals surface area contributed by atoms with Crippen LogP contribution in [0.4, 0.5) is 0 Å². The van der Waals surface area contributed by atoms with Crippen LogP contribution in [0.2, 0.25) is 5.02 Å². The number of rotatable bonds is 8. The number of hydrogen-bond acceptors (Lipinski definition) is 6. The van der Waals surface area contributed by atoms with Crippen LogP contribution in [0.25, 0.3) is 0 Å². The van der Waals surface area contributed by atoms with E-state index in [1.165, 1.54) is 0 Å². The Morgan fingerprint density at radius 1 is 0.905 bits per heavy atom. The van der Waals surface area contributed by atoms with Crippen LogP contribution in [0.5, 0.6) is 11.5 Å². The molecule has 5 rings (SSSR count). The van der Waals surface area contributed by atoms with Crippen molar-refractivity contribution in [1.29, 1.82) is 0 Å². The molecule has 0 saturated heterocycles. The zero-order chi connectivity index (χ0) is 30.4. The van der Waals surface area contributed by atoms with Crippen LogP contribution in [0, 0.1) is 14.4 Å². The summed E-state index contributed by atoms with van der Waals surface area (Å²) in [6, 6.07) is 11.5. The maximum atomic E-state index is 14.0. The molecule has 0 bridgehead atoms. The number of carbonyl (C=O) groups is 2. The number of ether oxygens (including phenoxy) is 3. The lowest BCUT2D eigenvalue weighted by Crippen LogP contribution is -2.45. The van der Waals surface area contributed by atoms with E-state index < -0.39 is 5.92 Å². The van der Waals surface area contributed by atoms with Gasteiger partial charge in [-0.2, -0.15) is 0 Å². The van der Waals surface area contributed by atoms with Gasteiger partial charge in [-0.15, -0.1) is 0 Å². The fraction of sp³-hybridized carbons (Fsp3) is 0.471. The third-order valence-electron chi connectivity index (χ3n) is 8.42. The Balaban J connectivity index is 1.65. The number of hydrogen-bond donors (Lipinski definition) is 0. The van der Waals surface area contributed by atoms with E-state index in [1.807, 2.05) is 36.4 Å². The second-order valence-electron chi connectivity index (χ2n) is 13.1. The summed E-state index contributed by atoms with van der Waals surface area (Å²) in [7, 11) is 3.31. The predicted molar refractivity (Wildman–Crippen MR) is 173 cm³/mol. The van der Waals surface area contributed by atoms with E-state index in [0.717, 1.165) is 50.1 Å². The van der Waals surface area contributed by atoms with Crippen LogP contribution in [0.3, 0.4) is 0 Å². The number of ketones is 2. The van der Waals surface area contributed by atoms with E-state index in [2.05, 4.69) is 55.2 Å². The molecular weight excluding hydrogens is 665 g/mol. The summed E-state index contributed by atoms with van der Waals surface area (Å²) in [5.41, 5.74) is 5.05. The molecule has 0 spiro atoms. The summed E-state index contributed by atoms with van der Waals surface area (Å²) < 4.78 is 18.4. The normalized spacial score (nSPS) is 20.0. The molecule has 2 aliphatic carbocycles. The zero-order valence-corrected chi connectivity index (χ0v) is 28.1. The van der Waals surface area contributed by atoms with Crippen molar-refractivity contribution in [1.82, 2.24) is 4.90 Å². The quantitative estimate of drug-likeness (QED) is 0.261. The van der Waals surface area contributed by atoms with E-state index in [9.17, 15) is 9.59 Å². The van der Waals surface area contributed by atoms with Crippen molar-refractivity contribution in [3.8, 4) is 11.5 Å². The fourth-order valence-electron chi connectivity index (χ4n) is 6.62. The molecule has 1 heterocycles. The van der Waals surface area contributed by atoms with Crippen molar-refractivity contribution < 1.29 is 23.8 Å². The lowest BCUT2D eigenvalue weighted by atomic mass is 9.63. The SMILES string of the molecule is COCCN1C2=C(C(=O)CC(C)(C)C2)C(c2cc(I)c(OCc3ccc(Cl)cc3)c(OC)c2)C2=C1CC(C)(C)CC2=O. The first-order valence-corrected chi connectivity index (χ1v) is 15.8. The standard InChI is InChI=1S/C34H39ClINO5/c1-33(2)15-24-30(26(38)17-33)29(31-25(37(24)11-12-40-5)16-34(3,4)18-27(31)39)21-13-23(36)32(28(14-21)41-6)42-19-20-7-9-22(35)10-8-20/h7-10,13-14,29H,11-12,15-19H2,1-6H3. The number of allylic oxidation sites excluding steroid dienone is 4. The van der Waals surface area contributed by atoms with Crippen LogP contribution in [0.15, 0.2) is 58.9 Å². The van der Waals surface area contributed by atoms with Gasteiger partial charge in [0.2, 0.25) is 0 Å². The van der Waals surface area contributed by atoms with Gasteiger partial charge < -0.3 is 19.1 Å². The van der Waals surface area contributed by atoms with Crippen molar-refractivity contribution in [2.45, 2.75) is 65.9 Å². The maximum absolute atomic E-state index is 14.0. The number of methoxy groups -OCH3 is 2. The third kappa shape index (κ3) is 6.15. The number of nitrogens with zero attached hydrogens (tertiary/aromatic N) is 1. The van der Waals surface area contributed by atoms with E-state index in [-0.39, 0.29) is 22.4 Å². The third-order valence-corrected chi connectivity index (χ3v) is 9.48. The maximum Gasteiger partial charge on any atom is 0.174 e. The molecule has 0 atom stereocenters. The van der Waals surface area contributed by atoms with E-state index >= 15 is 0 Å². The smallest absolute Gasteiger partial charge is 0.174 e. The summed E-state index contributed by atoms with van der Waals surface area (Å²) in [6.45, 7) is 10.1. The molecule has 0 amide bonds. The van der Waals surface area contributed by atoms with Crippen LogP contribution in [-0.2, 0) is 20.9 Å². The summed E-state index contributed by atoms with van der Waals surface area (Å²) in [6.07, 6.45) is 2.41. The fourth-order valence-corrected chi connectivity index (χ4v) is 7.52. The largest absolute Gasteiger partial charge is 0.493 e. The Morgan fingerprint density at radius 3 is 2.00 bits per heavy atom. The number of benzene rings is 2. The van der Waals surface area contributed by atoms with Crippen LogP contribution in [0.1, 0.15) is 70.4 Å². The van der Waals surface area contributed by atoms with Crippen molar-refractivity contribution in [2.24, 2.45) is 10.8 Å². The predicted octanol–water partition coefficient (Wildman–Crippen LogP) is 7.86. The van der Waals surface area contributed by atoms with Gasteiger partial charge in [-0.1, -0.05) is 51.4 Å². The highest BCUT2D eigenvalue weighted by atomic mass is 127. The van der Waals surface area contributed by atoms with Gasteiger partial charge in [0.25, 0.3) is 0 Å². The molecule has 1 aliphatic heterocycles. The molecule has 0 aromatic heterocycles. The topological polar surface area (TPSA) is 65.1 Å². The molecular formula is C34H39ClINO5.